The Bertz CT molecular complexity index is 763. The summed E-state index contributed by atoms with van der Waals surface area (Å²) in [5.74, 6) is 0.502. The lowest BCUT2D eigenvalue weighted by molar-refractivity contribution is 0.00526. The highest BCUT2D eigenvalue weighted by molar-refractivity contribution is 8.00. The molecule has 0 saturated carbocycles. The van der Waals surface area contributed by atoms with E-state index in [1.165, 1.54) is 22.9 Å². The lowest BCUT2D eigenvalue weighted by atomic mass is 9.95. The van der Waals surface area contributed by atoms with Crippen molar-refractivity contribution in [3.05, 3.63) is 69.7 Å². The van der Waals surface area contributed by atoms with Gasteiger partial charge in [-0.05, 0) is 47.1 Å². The quantitative estimate of drug-likeness (QED) is 0.692. The predicted octanol–water partition coefficient (Wildman–Crippen LogP) is 4.31. The molecule has 3 N–H and O–H groups in total. The molecule has 0 aromatic heterocycles. The molecule has 0 spiro atoms. The van der Waals surface area contributed by atoms with Gasteiger partial charge in [0, 0.05) is 10.3 Å². The van der Waals surface area contributed by atoms with Crippen molar-refractivity contribution in [3.63, 3.8) is 0 Å². The van der Waals surface area contributed by atoms with Gasteiger partial charge in [-0.2, -0.15) is 0 Å². The highest BCUT2D eigenvalue weighted by Gasteiger charge is 2.37. The van der Waals surface area contributed by atoms with Crippen LogP contribution in [0.25, 0.3) is 0 Å². The zero-order valence-electron chi connectivity index (χ0n) is 15.7. The number of hydrogen-bond donors (Lipinski definition) is 3. The second-order valence-electron chi connectivity index (χ2n) is 7.58. The SMILES string of the molecule is CC(C)c1ccc(Cc2cc([C@@H]3S[C@H](CO)C[C@H](O)[C@H]3O)ccc2Cl)cc1. The molecule has 3 nitrogen and oxygen atoms in total. The molecule has 0 bridgehead atoms. The Balaban J connectivity index is 1.83. The van der Waals surface area contributed by atoms with Gasteiger partial charge in [0.25, 0.3) is 0 Å². The van der Waals surface area contributed by atoms with Gasteiger partial charge in [-0.1, -0.05) is 61.8 Å². The number of aliphatic hydroxyl groups is 3. The molecule has 2 aromatic carbocycles. The molecule has 0 amide bonds. The fourth-order valence-electron chi connectivity index (χ4n) is 3.49. The van der Waals surface area contributed by atoms with Gasteiger partial charge in [0.15, 0.2) is 0 Å². The van der Waals surface area contributed by atoms with E-state index in [1.807, 2.05) is 18.2 Å². The van der Waals surface area contributed by atoms with Crippen LogP contribution >= 0.6 is 23.4 Å². The number of rotatable bonds is 5. The van der Waals surface area contributed by atoms with Gasteiger partial charge in [-0.15, -0.1) is 11.8 Å². The second kappa shape index (κ2) is 8.97. The van der Waals surface area contributed by atoms with Crippen molar-refractivity contribution in [2.75, 3.05) is 6.61 Å². The molecule has 4 atom stereocenters. The van der Waals surface area contributed by atoms with Crippen LogP contribution in [0.5, 0.6) is 0 Å². The average Bonchev–Trinajstić information content (AvgIpc) is 2.66. The summed E-state index contributed by atoms with van der Waals surface area (Å²) >= 11 is 7.95. The van der Waals surface area contributed by atoms with Crippen LogP contribution in [0.15, 0.2) is 42.5 Å². The highest BCUT2D eigenvalue weighted by Crippen LogP contribution is 2.43. The number of thioether (sulfide) groups is 1. The van der Waals surface area contributed by atoms with Gasteiger partial charge in [0.2, 0.25) is 0 Å². The Labute approximate surface area is 170 Å². The van der Waals surface area contributed by atoms with Gasteiger partial charge < -0.3 is 15.3 Å². The fourth-order valence-corrected chi connectivity index (χ4v) is 5.13. The van der Waals surface area contributed by atoms with E-state index in [9.17, 15) is 15.3 Å². The molecule has 1 fully saturated rings. The normalized spacial score (nSPS) is 25.7. The molecule has 1 saturated heterocycles. The first kappa shape index (κ1) is 20.7. The number of hydrogen-bond acceptors (Lipinski definition) is 4. The van der Waals surface area contributed by atoms with Crippen molar-refractivity contribution in [2.24, 2.45) is 0 Å². The third-order valence-electron chi connectivity index (χ3n) is 5.19. The van der Waals surface area contributed by atoms with Crippen LogP contribution in [0.2, 0.25) is 5.02 Å². The molecule has 0 aliphatic carbocycles. The van der Waals surface area contributed by atoms with Crippen molar-refractivity contribution in [2.45, 2.75) is 55.3 Å². The van der Waals surface area contributed by atoms with Gasteiger partial charge in [-0.3, -0.25) is 0 Å². The third-order valence-corrected chi connectivity index (χ3v) is 7.13. The summed E-state index contributed by atoms with van der Waals surface area (Å²) in [6.45, 7) is 4.35. The minimum absolute atomic E-state index is 0.00636. The van der Waals surface area contributed by atoms with E-state index < -0.39 is 12.2 Å². The zero-order valence-corrected chi connectivity index (χ0v) is 17.2. The minimum atomic E-state index is -0.850. The maximum Gasteiger partial charge on any atom is 0.0958 e. The topological polar surface area (TPSA) is 60.7 Å². The summed E-state index contributed by atoms with van der Waals surface area (Å²) in [6.07, 6.45) is -0.556. The van der Waals surface area contributed by atoms with Gasteiger partial charge in [0.1, 0.15) is 0 Å². The first-order valence-electron chi connectivity index (χ1n) is 9.38. The lowest BCUT2D eigenvalue weighted by Gasteiger charge is -2.36. The van der Waals surface area contributed by atoms with Crippen LogP contribution in [-0.2, 0) is 6.42 Å². The van der Waals surface area contributed by atoms with E-state index in [0.717, 1.165) is 11.1 Å². The van der Waals surface area contributed by atoms with Gasteiger partial charge >= 0.3 is 0 Å². The van der Waals surface area contributed by atoms with Crippen LogP contribution in [0, 0.1) is 0 Å². The van der Waals surface area contributed by atoms with Crippen molar-refractivity contribution < 1.29 is 15.3 Å². The van der Waals surface area contributed by atoms with Crippen molar-refractivity contribution in [3.8, 4) is 0 Å². The van der Waals surface area contributed by atoms with Crippen LogP contribution < -0.4 is 0 Å². The van der Waals surface area contributed by atoms with Crippen LogP contribution in [0.1, 0.15) is 53.7 Å². The number of benzene rings is 2. The second-order valence-corrected chi connectivity index (χ2v) is 9.43. The summed E-state index contributed by atoms with van der Waals surface area (Å²) in [4.78, 5) is 0. The van der Waals surface area contributed by atoms with Gasteiger partial charge in [-0.25, -0.2) is 0 Å². The van der Waals surface area contributed by atoms with E-state index in [-0.39, 0.29) is 17.1 Å². The number of halogens is 1. The summed E-state index contributed by atoms with van der Waals surface area (Å²) in [7, 11) is 0. The molecule has 1 heterocycles. The average molecular weight is 407 g/mol. The first-order chi connectivity index (χ1) is 12.9. The summed E-state index contributed by atoms with van der Waals surface area (Å²) in [5.41, 5.74) is 4.43. The molecule has 5 heteroatoms. The molecule has 2 aromatic rings. The van der Waals surface area contributed by atoms with Gasteiger partial charge in [0.05, 0.1) is 24.1 Å². The predicted molar refractivity (Wildman–Crippen MR) is 113 cm³/mol. The summed E-state index contributed by atoms with van der Waals surface area (Å²) in [5, 5.41) is 30.4. The van der Waals surface area contributed by atoms with E-state index in [0.29, 0.717) is 23.8 Å². The lowest BCUT2D eigenvalue weighted by Crippen LogP contribution is -2.39. The smallest absolute Gasteiger partial charge is 0.0958 e. The molecule has 1 aliphatic heterocycles. The Morgan fingerprint density at radius 1 is 1.11 bits per heavy atom. The van der Waals surface area contributed by atoms with E-state index in [4.69, 9.17) is 11.6 Å². The highest BCUT2D eigenvalue weighted by atomic mass is 35.5. The Morgan fingerprint density at radius 2 is 1.81 bits per heavy atom. The standard InChI is InChI=1S/C22H27ClO3S/c1-13(2)15-5-3-14(4-6-15)9-17-10-16(7-8-19(17)23)22-21(26)20(25)11-18(12-24)27-22/h3-8,10,13,18,20-22,24-26H,9,11-12H2,1-2H3/t18-,20-,21+,22-/m0/s1. The molecular formula is C22H27ClO3S. The van der Waals surface area contributed by atoms with Crippen LogP contribution in [0.4, 0.5) is 0 Å². The van der Waals surface area contributed by atoms with E-state index in [2.05, 4.69) is 38.1 Å². The maximum atomic E-state index is 10.5. The molecule has 0 radical (unpaired) electrons. The Kier molecular flexibility index (Phi) is 6.88. The zero-order chi connectivity index (χ0) is 19.6. The third kappa shape index (κ3) is 4.87. The number of aliphatic hydroxyl groups excluding tert-OH is 3. The first-order valence-corrected chi connectivity index (χ1v) is 10.7. The molecular weight excluding hydrogens is 380 g/mol. The van der Waals surface area contributed by atoms with Crippen molar-refractivity contribution in [1.29, 1.82) is 0 Å². The Morgan fingerprint density at radius 3 is 2.44 bits per heavy atom. The van der Waals surface area contributed by atoms with Crippen molar-refractivity contribution in [1.82, 2.24) is 0 Å². The molecule has 27 heavy (non-hydrogen) atoms. The largest absolute Gasteiger partial charge is 0.395 e. The molecule has 0 unspecified atom stereocenters. The van der Waals surface area contributed by atoms with E-state index >= 15 is 0 Å². The van der Waals surface area contributed by atoms with E-state index in [1.54, 1.807) is 0 Å². The fraction of sp³-hybridized carbons (Fsp3) is 0.455. The Hall–Kier alpha value is -1.04. The summed E-state index contributed by atoms with van der Waals surface area (Å²) in [6, 6.07) is 14.4. The van der Waals surface area contributed by atoms with Crippen LogP contribution in [0.3, 0.4) is 0 Å². The molecule has 146 valence electrons. The summed E-state index contributed by atoms with van der Waals surface area (Å²) < 4.78 is 0. The minimum Gasteiger partial charge on any atom is -0.395 e. The monoisotopic (exact) mass is 406 g/mol. The van der Waals surface area contributed by atoms with Crippen molar-refractivity contribution >= 4 is 23.4 Å². The molecule has 1 aliphatic rings. The molecule has 3 rings (SSSR count). The van der Waals surface area contributed by atoms with Crippen LogP contribution in [-0.4, -0.2) is 39.4 Å². The maximum absolute atomic E-state index is 10.5.